The number of H-pyrrole nitrogens is 1. The van der Waals surface area contributed by atoms with E-state index in [0.29, 0.717) is 31.0 Å². The number of nitrogens with zero attached hydrogens (tertiary/aromatic N) is 2. The van der Waals surface area contributed by atoms with Gasteiger partial charge in [0, 0.05) is 46.5 Å². The number of fused-ring (bicyclic) bond motifs is 1. The van der Waals surface area contributed by atoms with Crippen LogP contribution < -0.4 is 22.5 Å². The Bertz CT molecular complexity index is 1770. The molecule has 0 bridgehead atoms. The number of hydrogen-bond donors (Lipinski definition) is 7. The molecule has 10 N–H and O–H groups in total. The zero-order valence-corrected chi connectivity index (χ0v) is 35.0. The van der Waals surface area contributed by atoms with E-state index in [1.54, 1.807) is 27.7 Å². The molecule has 3 heterocycles. The summed E-state index contributed by atoms with van der Waals surface area (Å²) in [6, 6.07) is -2.65. The fourth-order valence-electron chi connectivity index (χ4n) is 7.75. The minimum atomic E-state index is -1.56. The number of imidazole rings is 1. The summed E-state index contributed by atoms with van der Waals surface area (Å²) in [5.74, 6) is -3.48. The summed E-state index contributed by atoms with van der Waals surface area (Å²) in [6.45, 7) is 12.5. The normalized spacial score (nSPS) is 18.3. The van der Waals surface area contributed by atoms with Crippen molar-refractivity contribution in [3.8, 4) is 0 Å². The van der Waals surface area contributed by atoms with Crippen LogP contribution >= 0.6 is 11.3 Å². The Morgan fingerprint density at radius 1 is 0.911 bits per heavy atom. The number of ketones is 3. The van der Waals surface area contributed by atoms with Gasteiger partial charge in [0.15, 0.2) is 17.3 Å². The highest BCUT2D eigenvalue weighted by Crippen LogP contribution is 2.33. The highest BCUT2D eigenvalue weighted by Gasteiger charge is 2.41. The van der Waals surface area contributed by atoms with E-state index in [0.717, 1.165) is 36.7 Å². The molecule has 3 aromatic rings. The van der Waals surface area contributed by atoms with Crippen LogP contribution in [0.1, 0.15) is 155 Å². The summed E-state index contributed by atoms with van der Waals surface area (Å²) >= 11 is 1.53. The van der Waals surface area contributed by atoms with E-state index < -0.39 is 65.4 Å². The highest BCUT2D eigenvalue weighted by molar-refractivity contribution is 7.09. The quantitative estimate of drug-likeness (QED) is 0.0672. The van der Waals surface area contributed by atoms with Gasteiger partial charge in [0.05, 0.1) is 59.0 Å². The van der Waals surface area contributed by atoms with Crippen molar-refractivity contribution in [2.45, 2.75) is 149 Å². The molecule has 310 valence electrons. The Morgan fingerprint density at radius 2 is 1.59 bits per heavy atom. The lowest BCUT2D eigenvalue weighted by molar-refractivity contribution is -0.123. The number of carbonyl (C=O) groups excluding carboxylic acids is 4. The van der Waals surface area contributed by atoms with Crippen LogP contribution in [0.5, 0.6) is 0 Å². The lowest BCUT2D eigenvalue weighted by Gasteiger charge is -2.34. The summed E-state index contributed by atoms with van der Waals surface area (Å²) in [7, 11) is 0. The summed E-state index contributed by atoms with van der Waals surface area (Å²) in [6.07, 6.45) is 5.08. The number of amides is 1. The van der Waals surface area contributed by atoms with Crippen molar-refractivity contribution in [3.05, 3.63) is 45.2 Å². The van der Waals surface area contributed by atoms with E-state index in [2.05, 4.69) is 20.3 Å². The van der Waals surface area contributed by atoms with Crippen LogP contribution in [0.4, 0.5) is 0 Å². The molecule has 3 unspecified atom stereocenters. The number of aliphatic hydroxyl groups excluding tert-OH is 2. The van der Waals surface area contributed by atoms with Crippen molar-refractivity contribution in [2.75, 3.05) is 0 Å². The van der Waals surface area contributed by atoms with Crippen molar-refractivity contribution in [3.63, 3.8) is 0 Å². The van der Waals surface area contributed by atoms with E-state index >= 15 is 0 Å². The maximum atomic E-state index is 14.8. The Hall–Kier alpha value is -3.40. The molecule has 0 aromatic carbocycles. The van der Waals surface area contributed by atoms with E-state index in [1.165, 1.54) is 24.0 Å². The summed E-state index contributed by atoms with van der Waals surface area (Å²) < 4.78 is 0. The Morgan fingerprint density at radius 3 is 2.20 bits per heavy atom. The second-order valence-corrected chi connectivity index (χ2v) is 17.5. The molecule has 0 saturated heterocycles. The van der Waals surface area contributed by atoms with Crippen molar-refractivity contribution >= 4 is 45.6 Å². The minimum absolute atomic E-state index is 0.0648. The van der Waals surface area contributed by atoms with E-state index in [-0.39, 0.29) is 53.1 Å². The average molecular weight is 796 g/mol. The fourth-order valence-corrected chi connectivity index (χ4v) is 8.44. The second-order valence-electron chi connectivity index (χ2n) is 16.8. The minimum Gasteiger partial charge on any atom is -0.390 e. The largest absolute Gasteiger partial charge is 0.390 e. The first-order valence-electron chi connectivity index (χ1n) is 20.4. The summed E-state index contributed by atoms with van der Waals surface area (Å²) in [4.78, 5) is 69.5. The lowest BCUT2D eigenvalue weighted by atomic mass is 9.76. The maximum absolute atomic E-state index is 14.8. The van der Waals surface area contributed by atoms with Crippen LogP contribution in [0.25, 0.3) is 11.0 Å². The van der Waals surface area contributed by atoms with Gasteiger partial charge in [0.2, 0.25) is 5.91 Å². The molecule has 1 amide bonds. The van der Waals surface area contributed by atoms with Crippen LogP contribution in [0.2, 0.25) is 0 Å². The number of aliphatic hydroxyl groups is 2. The number of carbonyl (C=O) groups is 4. The number of rotatable bonds is 21. The summed E-state index contributed by atoms with van der Waals surface area (Å²) in [5.41, 5.74) is 20.5. The number of Topliss-reactive ketones (excluding diaryl/α,β-unsaturated/α-hetero) is 3. The van der Waals surface area contributed by atoms with Gasteiger partial charge in [-0.05, 0) is 36.5 Å². The van der Waals surface area contributed by atoms with Crippen LogP contribution in [0.15, 0.2) is 17.0 Å². The lowest BCUT2D eigenvalue weighted by Crippen LogP contribution is -2.50. The van der Waals surface area contributed by atoms with E-state index in [1.807, 2.05) is 31.5 Å². The van der Waals surface area contributed by atoms with Crippen LogP contribution in [-0.4, -0.2) is 78.8 Å². The Kier molecular flexibility index (Phi) is 16.5. The first kappa shape index (κ1) is 45.3. The third kappa shape index (κ3) is 10.8. The van der Waals surface area contributed by atoms with Crippen LogP contribution in [-0.2, 0) is 11.3 Å². The molecular formula is C42H65N7O6S. The molecule has 13 nitrogen and oxygen atoms in total. The molecule has 4 rings (SSSR count). The molecule has 14 heteroatoms. The molecule has 0 radical (unpaired) electrons. The number of nitrogens with two attached hydrogens (primary N) is 3. The zero-order valence-electron chi connectivity index (χ0n) is 34.2. The SMILES string of the molecule is CC[C@@H](C)[C@@H](N)C(=O)NCc1ncc(C(=O)C(C(C)C)C(O)[C@H](O)[C@@H](N)CC2CCCCC2)c(C(=O)CCC(C)c2nc3cscc3[nH]2)c1C(=O)[C@@H](N)C(C)C. The van der Waals surface area contributed by atoms with Gasteiger partial charge in [-0.1, -0.05) is 87.0 Å². The third-order valence-corrected chi connectivity index (χ3v) is 12.6. The number of aromatic nitrogens is 3. The molecule has 1 fully saturated rings. The highest BCUT2D eigenvalue weighted by atomic mass is 32.1. The van der Waals surface area contributed by atoms with Crippen molar-refractivity contribution in [1.29, 1.82) is 0 Å². The van der Waals surface area contributed by atoms with Gasteiger partial charge < -0.3 is 37.7 Å². The van der Waals surface area contributed by atoms with Gasteiger partial charge in [-0.3, -0.25) is 24.2 Å². The fraction of sp³-hybridized carbons (Fsp3) is 0.667. The molecule has 1 aliphatic rings. The first-order valence-corrected chi connectivity index (χ1v) is 21.4. The standard InChI is InChI=1S/C42H65N7O6S/c1-8-23(6)36(45)42(55)47-18-28-34(39(53)35(44)22(4)5)33(31(50)15-14-24(7)41-48-29-19-56-20-30(29)49-41)26(17-46-28)37(51)32(21(2)3)40(54)38(52)27(43)16-25-12-10-9-11-13-25/h17,19-25,27,32,35-36,38,40,52,54H,8-16,18,43-45H2,1-7H3,(H,47,55)(H,48,49)/t23-,24?,27+,32?,35+,36-,38-,40?/m1/s1. The second kappa shape index (κ2) is 20.3. The van der Waals surface area contributed by atoms with Gasteiger partial charge in [-0.2, -0.15) is 0 Å². The molecule has 0 aliphatic heterocycles. The smallest absolute Gasteiger partial charge is 0.237 e. The monoisotopic (exact) mass is 795 g/mol. The molecule has 1 aliphatic carbocycles. The van der Waals surface area contributed by atoms with Gasteiger partial charge in [-0.15, -0.1) is 11.3 Å². The third-order valence-electron chi connectivity index (χ3n) is 11.9. The molecule has 8 atom stereocenters. The predicted molar refractivity (Wildman–Crippen MR) is 220 cm³/mol. The summed E-state index contributed by atoms with van der Waals surface area (Å²) in [5, 5.41) is 29.8. The Labute approximate surface area is 335 Å². The number of nitrogens with one attached hydrogen (secondary N) is 2. The van der Waals surface area contributed by atoms with Crippen molar-refractivity contribution < 1.29 is 29.4 Å². The van der Waals surface area contributed by atoms with E-state index in [4.69, 9.17) is 17.2 Å². The number of pyridine rings is 1. The molecule has 3 aromatic heterocycles. The zero-order chi connectivity index (χ0) is 41.4. The maximum Gasteiger partial charge on any atom is 0.237 e. The Balaban J connectivity index is 1.78. The number of thiophene rings is 1. The van der Waals surface area contributed by atoms with Gasteiger partial charge in [-0.25, -0.2) is 4.98 Å². The average Bonchev–Trinajstić information content (AvgIpc) is 3.80. The van der Waals surface area contributed by atoms with Crippen molar-refractivity contribution in [1.82, 2.24) is 20.3 Å². The molecule has 1 saturated carbocycles. The van der Waals surface area contributed by atoms with Gasteiger partial charge in [0.1, 0.15) is 5.82 Å². The molecule has 0 spiro atoms. The number of aromatic amines is 1. The molecule has 56 heavy (non-hydrogen) atoms. The van der Waals surface area contributed by atoms with Gasteiger partial charge >= 0.3 is 0 Å². The predicted octanol–water partition coefficient (Wildman–Crippen LogP) is 5.42. The topological polar surface area (TPSA) is 240 Å². The first-order chi connectivity index (χ1) is 26.5. The van der Waals surface area contributed by atoms with Gasteiger partial charge in [0.25, 0.3) is 0 Å². The number of hydrogen-bond acceptors (Lipinski definition) is 12. The molecular weight excluding hydrogens is 731 g/mol. The van der Waals surface area contributed by atoms with Crippen LogP contribution in [0, 0.1) is 29.6 Å². The van der Waals surface area contributed by atoms with E-state index in [9.17, 15) is 29.4 Å². The van der Waals surface area contributed by atoms with Crippen LogP contribution in [0.3, 0.4) is 0 Å². The van der Waals surface area contributed by atoms with Crippen molar-refractivity contribution in [2.24, 2.45) is 46.8 Å².